The molecule has 0 aliphatic carbocycles. The number of halogens is 1. The summed E-state index contributed by atoms with van der Waals surface area (Å²) in [5, 5.41) is 11.9. The van der Waals surface area contributed by atoms with E-state index in [0.717, 1.165) is 12.8 Å². The van der Waals surface area contributed by atoms with Gasteiger partial charge in [0.1, 0.15) is 5.82 Å². The number of hydrogen-bond acceptors (Lipinski definition) is 2. The van der Waals surface area contributed by atoms with Crippen LogP contribution in [0, 0.1) is 5.82 Å². The molecule has 0 unspecified atom stereocenters. The van der Waals surface area contributed by atoms with Crippen molar-refractivity contribution in [1.82, 2.24) is 5.32 Å². The van der Waals surface area contributed by atoms with Crippen LogP contribution in [0.25, 0.3) is 17.2 Å². The minimum absolute atomic E-state index is 0.132. The highest BCUT2D eigenvalue weighted by Crippen LogP contribution is 2.28. The third-order valence-corrected chi connectivity index (χ3v) is 5.12. The molecule has 0 heterocycles. The number of carboxylic acid groups (broad SMARTS) is 1. The predicted molar refractivity (Wildman–Crippen MR) is 124 cm³/mol. The zero-order valence-corrected chi connectivity index (χ0v) is 18.5. The number of urea groups is 1. The Morgan fingerprint density at radius 1 is 1.10 bits per heavy atom. The zero-order valence-electron chi connectivity index (χ0n) is 18.5. The van der Waals surface area contributed by atoms with Crippen LogP contribution in [0.5, 0.6) is 0 Å². The molecular weight excluding hydrogens is 395 g/mol. The van der Waals surface area contributed by atoms with Crippen LogP contribution in [0.4, 0.5) is 14.9 Å². The highest BCUT2D eigenvalue weighted by Gasteiger charge is 2.13. The molecule has 0 saturated carbocycles. The van der Waals surface area contributed by atoms with Crippen LogP contribution in [-0.4, -0.2) is 30.7 Å². The summed E-state index contributed by atoms with van der Waals surface area (Å²) in [6.07, 6.45) is 7.06. The molecule has 2 amide bonds. The summed E-state index contributed by atoms with van der Waals surface area (Å²) < 4.78 is 14.7. The van der Waals surface area contributed by atoms with E-state index in [1.165, 1.54) is 43.2 Å². The average molecular weight is 427 g/mol. The van der Waals surface area contributed by atoms with Crippen LogP contribution in [0.15, 0.2) is 48.0 Å². The second-order valence-electron chi connectivity index (χ2n) is 7.63. The van der Waals surface area contributed by atoms with Crippen LogP contribution < -0.4 is 10.2 Å². The number of carboxylic acids is 1. The molecule has 0 aliphatic rings. The lowest BCUT2D eigenvalue weighted by molar-refractivity contribution is -0.132. The van der Waals surface area contributed by atoms with Crippen molar-refractivity contribution >= 4 is 23.8 Å². The summed E-state index contributed by atoms with van der Waals surface area (Å²) in [7, 11) is 1.68. The standard InChI is InChI=1S/C25H31FN2O3/c1-4-5-6-7-8-14-27-25(31)28(3)21-11-9-10-20(17-21)22-13-12-19(16-23(22)26)15-18(2)24(29)30/h9-13,15-17H,4-8,14H2,1-3H3,(H,27,31)(H,29,30)/b18-15+. The normalized spacial score (nSPS) is 11.3. The van der Waals surface area contributed by atoms with Gasteiger partial charge in [0, 0.05) is 30.4 Å². The number of carbonyl (C=O) groups excluding carboxylic acids is 1. The molecule has 0 radical (unpaired) electrons. The maximum absolute atomic E-state index is 14.7. The van der Waals surface area contributed by atoms with Crippen molar-refractivity contribution in [2.45, 2.75) is 46.0 Å². The maximum atomic E-state index is 14.7. The largest absolute Gasteiger partial charge is 0.478 e. The van der Waals surface area contributed by atoms with E-state index < -0.39 is 11.8 Å². The third-order valence-electron chi connectivity index (χ3n) is 5.12. The van der Waals surface area contributed by atoms with E-state index in [2.05, 4.69) is 12.2 Å². The Balaban J connectivity index is 2.08. The number of nitrogens with one attached hydrogen (secondary N) is 1. The molecule has 0 spiro atoms. The zero-order chi connectivity index (χ0) is 22.8. The molecule has 166 valence electrons. The third kappa shape index (κ3) is 7.24. The Kier molecular flexibility index (Phi) is 9.25. The van der Waals surface area contributed by atoms with E-state index in [1.54, 1.807) is 43.4 Å². The number of amides is 2. The lowest BCUT2D eigenvalue weighted by Gasteiger charge is -2.19. The van der Waals surface area contributed by atoms with Crippen LogP contribution in [0.2, 0.25) is 0 Å². The minimum Gasteiger partial charge on any atom is -0.478 e. The van der Waals surface area contributed by atoms with Crippen LogP contribution in [-0.2, 0) is 4.79 Å². The molecule has 31 heavy (non-hydrogen) atoms. The molecule has 5 nitrogen and oxygen atoms in total. The van der Waals surface area contributed by atoms with Gasteiger partial charge in [0.15, 0.2) is 0 Å². The van der Waals surface area contributed by atoms with E-state index in [1.807, 2.05) is 0 Å². The Morgan fingerprint density at radius 2 is 1.84 bits per heavy atom. The second kappa shape index (κ2) is 11.9. The monoisotopic (exact) mass is 426 g/mol. The average Bonchev–Trinajstić information content (AvgIpc) is 2.75. The lowest BCUT2D eigenvalue weighted by atomic mass is 10.0. The van der Waals surface area contributed by atoms with Crippen LogP contribution in [0.1, 0.15) is 51.5 Å². The predicted octanol–water partition coefficient (Wildman–Crippen LogP) is 6.10. The van der Waals surface area contributed by atoms with E-state index in [4.69, 9.17) is 5.11 Å². The number of hydrogen-bond donors (Lipinski definition) is 2. The maximum Gasteiger partial charge on any atom is 0.331 e. The van der Waals surface area contributed by atoms with Gasteiger partial charge < -0.3 is 10.4 Å². The Bertz CT molecular complexity index is 940. The first kappa shape index (κ1) is 24.1. The van der Waals surface area contributed by atoms with Gasteiger partial charge in [-0.1, -0.05) is 56.9 Å². The van der Waals surface area contributed by atoms with Gasteiger partial charge in [0.25, 0.3) is 0 Å². The van der Waals surface area contributed by atoms with E-state index in [-0.39, 0.29) is 11.6 Å². The van der Waals surface area contributed by atoms with Crippen molar-refractivity contribution in [3.05, 3.63) is 59.4 Å². The van der Waals surface area contributed by atoms with Crippen molar-refractivity contribution in [1.29, 1.82) is 0 Å². The number of unbranched alkanes of at least 4 members (excludes halogenated alkanes) is 4. The fourth-order valence-corrected chi connectivity index (χ4v) is 3.21. The first-order valence-electron chi connectivity index (χ1n) is 10.7. The van der Waals surface area contributed by atoms with Crippen LogP contribution in [0.3, 0.4) is 0 Å². The second-order valence-corrected chi connectivity index (χ2v) is 7.63. The van der Waals surface area contributed by atoms with Crippen LogP contribution >= 0.6 is 0 Å². The van der Waals surface area contributed by atoms with Gasteiger partial charge in [-0.3, -0.25) is 4.90 Å². The van der Waals surface area contributed by atoms with Gasteiger partial charge in [0.2, 0.25) is 0 Å². The fourth-order valence-electron chi connectivity index (χ4n) is 3.21. The van der Waals surface area contributed by atoms with E-state index in [9.17, 15) is 14.0 Å². The molecule has 2 rings (SSSR count). The molecule has 0 aliphatic heterocycles. The van der Waals surface area contributed by atoms with Gasteiger partial charge in [-0.15, -0.1) is 0 Å². The van der Waals surface area contributed by atoms with Gasteiger partial charge in [-0.05, 0) is 48.7 Å². The minimum atomic E-state index is -1.04. The molecule has 2 aromatic carbocycles. The van der Waals surface area contributed by atoms with Crippen molar-refractivity contribution < 1.29 is 19.1 Å². The highest BCUT2D eigenvalue weighted by atomic mass is 19.1. The molecule has 0 saturated heterocycles. The summed E-state index contributed by atoms with van der Waals surface area (Å²) in [4.78, 5) is 24.9. The fraction of sp³-hybridized carbons (Fsp3) is 0.360. The molecule has 2 aromatic rings. The Morgan fingerprint density at radius 3 is 2.52 bits per heavy atom. The summed E-state index contributed by atoms with van der Waals surface area (Å²) in [6.45, 7) is 4.26. The van der Waals surface area contributed by atoms with Gasteiger partial charge in [-0.2, -0.15) is 0 Å². The van der Waals surface area contributed by atoms with Gasteiger partial charge >= 0.3 is 12.0 Å². The molecule has 0 atom stereocenters. The summed E-state index contributed by atoms with van der Waals surface area (Å²) >= 11 is 0. The van der Waals surface area contributed by atoms with E-state index in [0.29, 0.717) is 28.9 Å². The van der Waals surface area contributed by atoms with Crippen molar-refractivity contribution in [3.63, 3.8) is 0 Å². The van der Waals surface area contributed by atoms with Crippen molar-refractivity contribution in [3.8, 4) is 11.1 Å². The molecule has 6 heteroatoms. The first-order chi connectivity index (χ1) is 14.8. The van der Waals surface area contributed by atoms with Crippen molar-refractivity contribution in [2.24, 2.45) is 0 Å². The van der Waals surface area contributed by atoms with E-state index >= 15 is 0 Å². The quantitative estimate of drug-likeness (QED) is 0.356. The number of anilines is 1. The summed E-state index contributed by atoms with van der Waals surface area (Å²) in [5.74, 6) is -1.50. The summed E-state index contributed by atoms with van der Waals surface area (Å²) in [6, 6.07) is 11.5. The number of rotatable bonds is 10. The molecule has 2 N–H and O–H groups in total. The smallest absolute Gasteiger partial charge is 0.331 e. The highest BCUT2D eigenvalue weighted by molar-refractivity contribution is 5.92. The molecule has 0 fully saturated rings. The molecule has 0 aromatic heterocycles. The number of benzene rings is 2. The molecular formula is C25H31FN2O3. The SMILES string of the molecule is CCCCCCCNC(=O)N(C)c1cccc(-c2ccc(/C=C(\C)C(=O)O)cc2F)c1. The molecule has 0 bridgehead atoms. The first-order valence-corrected chi connectivity index (χ1v) is 10.7. The Labute approximate surface area is 183 Å². The number of aliphatic carboxylic acids is 1. The Hall–Kier alpha value is -3.15. The van der Waals surface area contributed by atoms with Gasteiger partial charge in [-0.25, -0.2) is 14.0 Å². The number of carbonyl (C=O) groups is 2. The van der Waals surface area contributed by atoms with Crippen molar-refractivity contribution in [2.75, 3.05) is 18.5 Å². The lowest BCUT2D eigenvalue weighted by Crippen LogP contribution is -2.37. The van der Waals surface area contributed by atoms with Gasteiger partial charge in [0.05, 0.1) is 0 Å². The number of nitrogens with zero attached hydrogens (tertiary/aromatic N) is 1. The topological polar surface area (TPSA) is 69.6 Å². The summed E-state index contributed by atoms with van der Waals surface area (Å²) in [5.41, 5.74) is 2.29.